The summed E-state index contributed by atoms with van der Waals surface area (Å²) in [5.41, 5.74) is 3.94. The standard InChI is InChI=1S/C19H24N4O2/c1-3-4-9-20-18(24)17-15-12-23(10-8-16(15)21-22-17)19(25)14-7-5-6-13(2)11-14/h5-7,11H,3-4,8-10,12H2,1-2H3,(H,20,24)(H,21,22). The number of nitrogens with one attached hydrogen (secondary N) is 2. The number of unbranched alkanes of at least 4 members (excludes halogenated alkanes) is 1. The number of rotatable bonds is 5. The zero-order valence-electron chi connectivity index (χ0n) is 14.8. The highest BCUT2D eigenvalue weighted by Gasteiger charge is 2.28. The van der Waals surface area contributed by atoms with Gasteiger partial charge in [0.05, 0.1) is 6.54 Å². The zero-order chi connectivity index (χ0) is 17.8. The van der Waals surface area contributed by atoms with Gasteiger partial charge in [-0.3, -0.25) is 14.7 Å². The molecular formula is C19H24N4O2. The van der Waals surface area contributed by atoms with Crippen molar-refractivity contribution >= 4 is 11.8 Å². The van der Waals surface area contributed by atoms with E-state index >= 15 is 0 Å². The van der Waals surface area contributed by atoms with Crippen LogP contribution in [0, 0.1) is 6.92 Å². The first-order chi connectivity index (χ1) is 12.1. The van der Waals surface area contributed by atoms with E-state index in [0.29, 0.717) is 37.3 Å². The Morgan fingerprint density at radius 3 is 2.96 bits per heavy atom. The number of aromatic nitrogens is 2. The molecule has 0 unspecified atom stereocenters. The molecule has 1 aromatic carbocycles. The molecule has 0 saturated carbocycles. The highest BCUT2D eigenvalue weighted by Crippen LogP contribution is 2.22. The number of benzene rings is 1. The number of hydrogen-bond acceptors (Lipinski definition) is 3. The molecule has 0 saturated heterocycles. The molecule has 0 fully saturated rings. The fourth-order valence-electron chi connectivity index (χ4n) is 3.08. The first kappa shape index (κ1) is 17.2. The highest BCUT2D eigenvalue weighted by molar-refractivity contribution is 5.96. The van der Waals surface area contributed by atoms with Crippen LogP contribution < -0.4 is 5.32 Å². The minimum Gasteiger partial charge on any atom is -0.351 e. The number of carbonyl (C=O) groups excluding carboxylic acids is 2. The maximum Gasteiger partial charge on any atom is 0.272 e. The van der Waals surface area contributed by atoms with Crippen LogP contribution in [0.5, 0.6) is 0 Å². The molecule has 2 amide bonds. The second kappa shape index (κ2) is 7.51. The molecule has 0 aliphatic carbocycles. The molecule has 0 atom stereocenters. The predicted octanol–water partition coefficient (Wildman–Crippen LogP) is 2.45. The summed E-state index contributed by atoms with van der Waals surface area (Å²) in [5, 5.41) is 10.0. The van der Waals surface area contributed by atoms with Gasteiger partial charge in [-0.2, -0.15) is 5.10 Å². The molecule has 3 rings (SSSR count). The summed E-state index contributed by atoms with van der Waals surface area (Å²) < 4.78 is 0. The predicted molar refractivity (Wildman–Crippen MR) is 95.5 cm³/mol. The molecule has 0 spiro atoms. The molecule has 132 valence electrons. The summed E-state index contributed by atoms with van der Waals surface area (Å²) in [6.45, 7) is 5.73. The Hall–Kier alpha value is -2.63. The lowest BCUT2D eigenvalue weighted by molar-refractivity contribution is 0.0731. The van der Waals surface area contributed by atoms with Crippen LogP contribution in [0.4, 0.5) is 0 Å². The molecule has 2 heterocycles. The van der Waals surface area contributed by atoms with E-state index in [1.54, 1.807) is 4.90 Å². The number of hydrogen-bond donors (Lipinski definition) is 2. The first-order valence-corrected chi connectivity index (χ1v) is 8.80. The third-order valence-electron chi connectivity index (χ3n) is 4.52. The average Bonchev–Trinajstić information content (AvgIpc) is 3.04. The van der Waals surface area contributed by atoms with Gasteiger partial charge in [-0.25, -0.2) is 0 Å². The maximum atomic E-state index is 12.8. The van der Waals surface area contributed by atoms with E-state index in [1.807, 2.05) is 31.2 Å². The number of H-pyrrole nitrogens is 1. The molecule has 1 aromatic heterocycles. The number of carbonyl (C=O) groups is 2. The molecule has 2 N–H and O–H groups in total. The molecule has 1 aliphatic rings. The molecule has 6 heteroatoms. The van der Waals surface area contributed by atoms with Gasteiger partial charge in [-0.15, -0.1) is 0 Å². The summed E-state index contributed by atoms with van der Waals surface area (Å²) in [4.78, 5) is 26.9. The molecule has 6 nitrogen and oxygen atoms in total. The Kier molecular flexibility index (Phi) is 5.16. The first-order valence-electron chi connectivity index (χ1n) is 8.80. The lowest BCUT2D eigenvalue weighted by Gasteiger charge is -2.27. The molecule has 0 bridgehead atoms. The van der Waals surface area contributed by atoms with Crippen LogP contribution >= 0.6 is 0 Å². The third kappa shape index (κ3) is 3.73. The number of fused-ring (bicyclic) bond motifs is 1. The fraction of sp³-hybridized carbons (Fsp3) is 0.421. The quantitative estimate of drug-likeness (QED) is 0.821. The van der Waals surface area contributed by atoms with Gasteiger partial charge < -0.3 is 10.2 Å². The van der Waals surface area contributed by atoms with E-state index in [9.17, 15) is 9.59 Å². The average molecular weight is 340 g/mol. The SMILES string of the molecule is CCCCNC(=O)c1n[nH]c2c1CN(C(=O)c1cccc(C)c1)CC2. The van der Waals surface area contributed by atoms with Gasteiger partial charge in [0.1, 0.15) is 0 Å². The number of nitrogens with zero attached hydrogens (tertiary/aromatic N) is 2. The largest absolute Gasteiger partial charge is 0.351 e. The van der Waals surface area contributed by atoms with Gasteiger partial charge in [0.2, 0.25) is 0 Å². The van der Waals surface area contributed by atoms with Crippen molar-refractivity contribution in [2.45, 2.75) is 39.7 Å². The van der Waals surface area contributed by atoms with Crippen molar-refractivity contribution in [3.63, 3.8) is 0 Å². The molecule has 1 aliphatic heterocycles. The number of aromatic amines is 1. The molecule has 2 aromatic rings. The van der Waals surface area contributed by atoms with Crippen LogP contribution in [0.25, 0.3) is 0 Å². The molecule has 25 heavy (non-hydrogen) atoms. The molecular weight excluding hydrogens is 316 g/mol. The minimum absolute atomic E-state index is 0.00658. The Morgan fingerprint density at radius 1 is 1.36 bits per heavy atom. The van der Waals surface area contributed by atoms with E-state index in [1.165, 1.54) is 0 Å². The summed E-state index contributed by atoms with van der Waals surface area (Å²) >= 11 is 0. The Labute approximate surface area is 147 Å². The van der Waals surface area contributed by atoms with E-state index in [2.05, 4.69) is 22.4 Å². The lowest BCUT2D eigenvalue weighted by atomic mass is 10.0. The van der Waals surface area contributed by atoms with Gasteiger partial charge in [-0.05, 0) is 25.5 Å². The monoisotopic (exact) mass is 340 g/mol. The van der Waals surface area contributed by atoms with Gasteiger partial charge in [0.25, 0.3) is 11.8 Å². The van der Waals surface area contributed by atoms with Gasteiger partial charge in [0, 0.05) is 36.3 Å². The van der Waals surface area contributed by atoms with Crippen molar-refractivity contribution in [1.29, 1.82) is 0 Å². The Bertz CT molecular complexity index is 781. The van der Waals surface area contributed by atoms with Crippen LogP contribution in [-0.2, 0) is 13.0 Å². The topological polar surface area (TPSA) is 78.1 Å². The van der Waals surface area contributed by atoms with Crippen LogP contribution in [-0.4, -0.2) is 40.0 Å². The van der Waals surface area contributed by atoms with Gasteiger partial charge in [0.15, 0.2) is 5.69 Å². The maximum absolute atomic E-state index is 12.8. The fourth-order valence-corrected chi connectivity index (χ4v) is 3.08. The van der Waals surface area contributed by atoms with Crippen molar-refractivity contribution in [1.82, 2.24) is 20.4 Å². The number of amides is 2. The van der Waals surface area contributed by atoms with Gasteiger partial charge in [-0.1, -0.05) is 31.0 Å². The lowest BCUT2D eigenvalue weighted by Crippen LogP contribution is -2.37. The third-order valence-corrected chi connectivity index (χ3v) is 4.52. The Balaban J connectivity index is 1.75. The Morgan fingerprint density at radius 2 is 2.20 bits per heavy atom. The zero-order valence-corrected chi connectivity index (χ0v) is 14.8. The minimum atomic E-state index is -0.171. The van der Waals surface area contributed by atoms with E-state index in [4.69, 9.17) is 0 Å². The number of aryl methyl sites for hydroxylation is 1. The highest BCUT2D eigenvalue weighted by atomic mass is 16.2. The summed E-state index contributed by atoms with van der Waals surface area (Å²) in [5.74, 6) is -0.177. The van der Waals surface area contributed by atoms with Crippen LogP contribution in [0.3, 0.4) is 0 Å². The van der Waals surface area contributed by atoms with Crippen molar-refractivity contribution in [3.05, 3.63) is 52.3 Å². The van der Waals surface area contributed by atoms with Crippen LogP contribution in [0.2, 0.25) is 0 Å². The smallest absolute Gasteiger partial charge is 0.272 e. The summed E-state index contributed by atoms with van der Waals surface area (Å²) in [6, 6.07) is 7.59. The summed E-state index contributed by atoms with van der Waals surface area (Å²) in [7, 11) is 0. The van der Waals surface area contributed by atoms with Crippen molar-refractivity contribution < 1.29 is 9.59 Å². The normalized spacial score (nSPS) is 13.4. The van der Waals surface area contributed by atoms with E-state index in [0.717, 1.165) is 29.7 Å². The van der Waals surface area contributed by atoms with E-state index in [-0.39, 0.29) is 11.8 Å². The van der Waals surface area contributed by atoms with Crippen LogP contribution in [0.15, 0.2) is 24.3 Å². The van der Waals surface area contributed by atoms with Crippen molar-refractivity contribution in [3.8, 4) is 0 Å². The summed E-state index contributed by atoms with van der Waals surface area (Å²) in [6.07, 6.45) is 2.65. The van der Waals surface area contributed by atoms with Crippen molar-refractivity contribution in [2.24, 2.45) is 0 Å². The van der Waals surface area contributed by atoms with Crippen LogP contribution in [0.1, 0.15) is 57.4 Å². The van der Waals surface area contributed by atoms with Crippen molar-refractivity contribution in [2.75, 3.05) is 13.1 Å². The van der Waals surface area contributed by atoms with Gasteiger partial charge >= 0.3 is 0 Å². The second-order valence-electron chi connectivity index (χ2n) is 6.48. The second-order valence-corrected chi connectivity index (χ2v) is 6.48. The molecule has 0 radical (unpaired) electrons. The van der Waals surface area contributed by atoms with E-state index < -0.39 is 0 Å².